The van der Waals surface area contributed by atoms with E-state index in [9.17, 15) is 4.79 Å². The van der Waals surface area contributed by atoms with E-state index >= 15 is 0 Å². The Morgan fingerprint density at radius 3 is 2.79 bits per heavy atom. The zero-order chi connectivity index (χ0) is 19.5. The SMILES string of the molecule is COc1ccccc1-c1cc(C(=O)NCCc2nc3ccccc3n2C)[nH]n1. The molecule has 28 heavy (non-hydrogen) atoms. The summed E-state index contributed by atoms with van der Waals surface area (Å²) in [6.07, 6.45) is 0.643. The summed E-state index contributed by atoms with van der Waals surface area (Å²) in [4.78, 5) is 17.1. The van der Waals surface area contributed by atoms with E-state index in [0.717, 1.165) is 22.4 Å². The topological polar surface area (TPSA) is 84.8 Å². The lowest BCUT2D eigenvalue weighted by Gasteiger charge is -2.05. The van der Waals surface area contributed by atoms with Crippen LogP contribution in [-0.2, 0) is 13.5 Å². The van der Waals surface area contributed by atoms with Crippen molar-refractivity contribution in [2.75, 3.05) is 13.7 Å². The number of aromatic amines is 1. The average Bonchev–Trinajstić information content (AvgIpc) is 3.34. The van der Waals surface area contributed by atoms with E-state index in [1.54, 1.807) is 13.2 Å². The molecule has 0 aliphatic rings. The smallest absolute Gasteiger partial charge is 0.269 e. The number of amides is 1. The number of benzene rings is 2. The first-order valence-electron chi connectivity index (χ1n) is 9.04. The molecule has 4 rings (SSSR count). The number of carbonyl (C=O) groups excluding carboxylic acids is 1. The van der Waals surface area contributed by atoms with Gasteiger partial charge in [0, 0.05) is 25.6 Å². The first-order chi connectivity index (χ1) is 13.7. The van der Waals surface area contributed by atoms with Crippen molar-refractivity contribution in [2.45, 2.75) is 6.42 Å². The van der Waals surface area contributed by atoms with E-state index in [1.807, 2.05) is 55.6 Å². The highest BCUT2D eigenvalue weighted by Gasteiger charge is 2.14. The monoisotopic (exact) mass is 375 g/mol. The van der Waals surface area contributed by atoms with Gasteiger partial charge in [0.15, 0.2) is 0 Å². The van der Waals surface area contributed by atoms with Gasteiger partial charge in [0.1, 0.15) is 17.3 Å². The van der Waals surface area contributed by atoms with Crippen LogP contribution in [0.4, 0.5) is 0 Å². The number of fused-ring (bicyclic) bond motifs is 1. The van der Waals surface area contributed by atoms with Gasteiger partial charge in [-0.3, -0.25) is 9.89 Å². The molecule has 2 N–H and O–H groups in total. The number of aromatic nitrogens is 4. The fraction of sp³-hybridized carbons (Fsp3) is 0.190. The van der Waals surface area contributed by atoms with E-state index in [0.29, 0.717) is 30.1 Å². The van der Waals surface area contributed by atoms with Crippen LogP contribution < -0.4 is 10.1 Å². The second-order valence-electron chi connectivity index (χ2n) is 6.45. The van der Waals surface area contributed by atoms with Crippen molar-refractivity contribution < 1.29 is 9.53 Å². The van der Waals surface area contributed by atoms with Crippen molar-refractivity contribution in [1.29, 1.82) is 0 Å². The molecule has 142 valence electrons. The van der Waals surface area contributed by atoms with Gasteiger partial charge >= 0.3 is 0 Å². The molecule has 0 spiro atoms. The van der Waals surface area contributed by atoms with Crippen molar-refractivity contribution in [3.05, 3.63) is 66.1 Å². The number of imidazole rings is 1. The molecule has 0 fully saturated rings. The van der Waals surface area contributed by atoms with Crippen molar-refractivity contribution >= 4 is 16.9 Å². The van der Waals surface area contributed by atoms with E-state index in [1.165, 1.54) is 0 Å². The zero-order valence-corrected chi connectivity index (χ0v) is 15.8. The molecule has 0 saturated heterocycles. The van der Waals surface area contributed by atoms with Crippen LogP contribution in [-0.4, -0.2) is 39.3 Å². The molecule has 2 aromatic heterocycles. The number of carbonyl (C=O) groups is 1. The maximum absolute atomic E-state index is 12.5. The average molecular weight is 375 g/mol. The lowest BCUT2D eigenvalue weighted by atomic mass is 10.1. The molecule has 2 heterocycles. The summed E-state index contributed by atoms with van der Waals surface area (Å²) < 4.78 is 7.41. The van der Waals surface area contributed by atoms with Crippen LogP contribution in [0.3, 0.4) is 0 Å². The van der Waals surface area contributed by atoms with Gasteiger partial charge in [-0.25, -0.2) is 4.98 Å². The largest absolute Gasteiger partial charge is 0.496 e. The minimum absolute atomic E-state index is 0.201. The first-order valence-corrected chi connectivity index (χ1v) is 9.04. The molecule has 0 aliphatic carbocycles. The predicted molar refractivity (Wildman–Crippen MR) is 107 cm³/mol. The fourth-order valence-corrected chi connectivity index (χ4v) is 3.23. The standard InChI is InChI=1S/C21H21N5O2/c1-26-18-9-5-4-8-15(18)23-20(26)11-12-22-21(27)17-13-16(24-25-17)14-7-3-6-10-19(14)28-2/h3-10,13H,11-12H2,1-2H3,(H,22,27)(H,24,25). The summed E-state index contributed by atoms with van der Waals surface area (Å²) in [7, 11) is 3.60. The number of rotatable bonds is 6. The number of hydrogen-bond donors (Lipinski definition) is 2. The highest BCUT2D eigenvalue weighted by Crippen LogP contribution is 2.28. The van der Waals surface area contributed by atoms with Crippen molar-refractivity contribution in [3.8, 4) is 17.0 Å². The molecule has 4 aromatic rings. The number of nitrogens with zero attached hydrogens (tertiary/aromatic N) is 3. The Kier molecular flexibility index (Phi) is 4.80. The Hall–Kier alpha value is -3.61. The predicted octanol–water partition coefficient (Wildman–Crippen LogP) is 2.94. The van der Waals surface area contributed by atoms with Crippen LogP contribution in [0.15, 0.2) is 54.6 Å². The molecule has 0 aliphatic heterocycles. The molecule has 7 heteroatoms. The van der Waals surface area contributed by atoms with Gasteiger partial charge in [-0.2, -0.15) is 5.10 Å². The van der Waals surface area contributed by atoms with Gasteiger partial charge < -0.3 is 14.6 Å². The van der Waals surface area contributed by atoms with Crippen molar-refractivity contribution in [1.82, 2.24) is 25.1 Å². The quantitative estimate of drug-likeness (QED) is 0.543. The summed E-state index contributed by atoms with van der Waals surface area (Å²) in [6, 6.07) is 17.3. The highest BCUT2D eigenvalue weighted by molar-refractivity contribution is 5.93. The van der Waals surface area contributed by atoms with Gasteiger partial charge in [0.25, 0.3) is 5.91 Å². The summed E-state index contributed by atoms with van der Waals surface area (Å²) in [6.45, 7) is 0.485. The van der Waals surface area contributed by atoms with E-state index in [2.05, 4.69) is 25.1 Å². The first kappa shape index (κ1) is 17.8. The molecule has 0 unspecified atom stereocenters. The number of methoxy groups -OCH3 is 1. The number of para-hydroxylation sites is 3. The van der Waals surface area contributed by atoms with Crippen LogP contribution in [0.5, 0.6) is 5.75 Å². The molecule has 0 saturated carbocycles. The van der Waals surface area contributed by atoms with Gasteiger partial charge in [-0.15, -0.1) is 0 Å². The van der Waals surface area contributed by atoms with Gasteiger partial charge in [0.05, 0.1) is 23.8 Å². The number of aryl methyl sites for hydroxylation is 1. The number of hydrogen-bond acceptors (Lipinski definition) is 4. The molecule has 0 bridgehead atoms. The van der Waals surface area contributed by atoms with E-state index in [4.69, 9.17) is 4.74 Å². The highest BCUT2D eigenvalue weighted by atomic mass is 16.5. The summed E-state index contributed by atoms with van der Waals surface area (Å²) >= 11 is 0. The number of ether oxygens (including phenoxy) is 1. The van der Waals surface area contributed by atoms with Crippen LogP contribution in [0, 0.1) is 0 Å². The summed E-state index contributed by atoms with van der Waals surface area (Å²) in [5.74, 6) is 1.44. The van der Waals surface area contributed by atoms with Crippen LogP contribution >= 0.6 is 0 Å². The van der Waals surface area contributed by atoms with Crippen molar-refractivity contribution in [3.63, 3.8) is 0 Å². The molecule has 0 atom stereocenters. The van der Waals surface area contributed by atoms with Crippen LogP contribution in [0.1, 0.15) is 16.3 Å². The summed E-state index contributed by atoms with van der Waals surface area (Å²) in [5, 5.41) is 9.96. The molecule has 7 nitrogen and oxygen atoms in total. The maximum atomic E-state index is 12.5. The van der Waals surface area contributed by atoms with Crippen molar-refractivity contribution in [2.24, 2.45) is 7.05 Å². The second kappa shape index (κ2) is 7.56. The third-order valence-corrected chi connectivity index (χ3v) is 4.72. The molecular weight excluding hydrogens is 354 g/mol. The Morgan fingerprint density at radius 1 is 1.18 bits per heavy atom. The minimum Gasteiger partial charge on any atom is -0.496 e. The maximum Gasteiger partial charge on any atom is 0.269 e. The van der Waals surface area contributed by atoms with Crippen LogP contribution in [0.2, 0.25) is 0 Å². The molecule has 2 aromatic carbocycles. The minimum atomic E-state index is -0.201. The number of H-pyrrole nitrogens is 1. The normalized spacial score (nSPS) is 10.9. The van der Waals surface area contributed by atoms with Gasteiger partial charge in [0.2, 0.25) is 0 Å². The Morgan fingerprint density at radius 2 is 1.96 bits per heavy atom. The van der Waals surface area contributed by atoms with Gasteiger partial charge in [-0.05, 0) is 30.3 Å². The number of nitrogens with one attached hydrogen (secondary N) is 2. The molecular formula is C21H21N5O2. The third-order valence-electron chi connectivity index (χ3n) is 4.72. The molecule has 1 amide bonds. The third kappa shape index (κ3) is 3.34. The Bertz CT molecular complexity index is 1130. The zero-order valence-electron chi connectivity index (χ0n) is 15.8. The van der Waals surface area contributed by atoms with Crippen LogP contribution in [0.25, 0.3) is 22.3 Å². The Labute approximate surface area is 162 Å². The Balaban J connectivity index is 1.42. The lowest BCUT2D eigenvalue weighted by molar-refractivity contribution is 0.0949. The van der Waals surface area contributed by atoms with E-state index < -0.39 is 0 Å². The van der Waals surface area contributed by atoms with E-state index in [-0.39, 0.29) is 5.91 Å². The lowest BCUT2D eigenvalue weighted by Crippen LogP contribution is -2.26. The molecule has 0 radical (unpaired) electrons. The summed E-state index contributed by atoms with van der Waals surface area (Å²) in [5.41, 5.74) is 3.95. The van der Waals surface area contributed by atoms with Gasteiger partial charge in [-0.1, -0.05) is 24.3 Å². The second-order valence-corrected chi connectivity index (χ2v) is 6.45. The fourth-order valence-electron chi connectivity index (χ4n) is 3.23.